The zero-order valence-electron chi connectivity index (χ0n) is 18.8. The van der Waals surface area contributed by atoms with Gasteiger partial charge in [-0.05, 0) is 47.4 Å². The molecule has 7 nitrogen and oxygen atoms in total. The molecule has 4 rings (SSSR count). The van der Waals surface area contributed by atoms with Crippen molar-refractivity contribution in [3.63, 3.8) is 0 Å². The molecule has 0 aromatic heterocycles. The largest absolute Gasteiger partial charge is 0.481 e. The summed E-state index contributed by atoms with van der Waals surface area (Å²) < 4.78 is 5.57. The van der Waals surface area contributed by atoms with Gasteiger partial charge in [0, 0.05) is 12.0 Å². The van der Waals surface area contributed by atoms with Gasteiger partial charge in [0.05, 0.1) is 6.42 Å². The number of fused-ring (bicyclic) bond motifs is 3. The lowest BCUT2D eigenvalue weighted by molar-refractivity contribution is -0.138. The van der Waals surface area contributed by atoms with E-state index in [9.17, 15) is 14.4 Å². The van der Waals surface area contributed by atoms with Crippen molar-refractivity contribution in [2.45, 2.75) is 57.0 Å². The fourth-order valence-electron chi connectivity index (χ4n) is 4.65. The summed E-state index contributed by atoms with van der Waals surface area (Å²) in [4.78, 5) is 36.6. The zero-order chi connectivity index (χ0) is 23.4. The fraction of sp³-hybridized carbons (Fsp3) is 0.423. The van der Waals surface area contributed by atoms with Gasteiger partial charge >= 0.3 is 12.1 Å². The summed E-state index contributed by atoms with van der Waals surface area (Å²) in [6.45, 7) is 2.10. The van der Waals surface area contributed by atoms with E-state index < -0.39 is 24.1 Å². The first-order valence-electron chi connectivity index (χ1n) is 11.6. The maximum atomic E-state index is 12.8. The highest BCUT2D eigenvalue weighted by molar-refractivity contribution is 5.86. The van der Waals surface area contributed by atoms with E-state index in [2.05, 4.69) is 34.9 Å². The lowest BCUT2D eigenvalue weighted by Crippen LogP contribution is -2.50. The van der Waals surface area contributed by atoms with E-state index in [1.54, 1.807) is 0 Å². The Labute approximate surface area is 193 Å². The Balaban J connectivity index is 1.37. The van der Waals surface area contributed by atoms with Gasteiger partial charge in [0.1, 0.15) is 12.6 Å². The number of alkyl carbamates (subject to hydrolysis) is 1. The van der Waals surface area contributed by atoms with Crippen molar-refractivity contribution >= 4 is 18.0 Å². The number of amides is 2. The topological polar surface area (TPSA) is 105 Å². The highest BCUT2D eigenvalue weighted by Crippen LogP contribution is 2.44. The number of rotatable bonds is 10. The van der Waals surface area contributed by atoms with Crippen molar-refractivity contribution in [3.8, 4) is 11.1 Å². The molecule has 2 aromatic carbocycles. The number of carbonyl (C=O) groups excluding carboxylic acids is 2. The molecular weight excluding hydrogens is 420 g/mol. The highest BCUT2D eigenvalue weighted by Gasteiger charge is 2.35. The van der Waals surface area contributed by atoms with E-state index in [1.807, 2.05) is 31.2 Å². The summed E-state index contributed by atoms with van der Waals surface area (Å²) in [5, 5.41) is 14.7. The molecule has 1 saturated carbocycles. The van der Waals surface area contributed by atoms with E-state index in [1.165, 1.54) is 0 Å². The van der Waals surface area contributed by atoms with Crippen LogP contribution >= 0.6 is 0 Å². The standard InChI is InChI=1S/C26H30N2O5/c1-2-7-22(25(31)27-23(14-24(29)30)16-12-13-16)28-26(32)33-15-21-19-10-5-3-8-17(19)18-9-4-6-11-20(18)21/h3-6,8-11,16,21-23H,2,7,12-15H2,1H3,(H,27,31)(H,28,32)(H,29,30)/t22-,23?/m1/s1. The number of carboxylic acids is 1. The molecule has 0 bridgehead atoms. The van der Waals surface area contributed by atoms with Crippen LogP contribution in [-0.4, -0.2) is 41.8 Å². The normalized spacial score (nSPS) is 16.3. The van der Waals surface area contributed by atoms with Gasteiger partial charge < -0.3 is 20.5 Å². The third-order valence-corrected chi connectivity index (χ3v) is 6.44. The van der Waals surface area contributed by atoms with Crippen LogP contribution < -0.4 is 10.6 Å². The van der Waals surface area contributed by atoms with Gasteiger partial charge in [0.15, 0.2) is 0 Å². The number of aliphatic carboxylic acids is 1. The third kappa shape index (κ3) is 5.35. The predicted molar refractivity (Wildman–Crippen MR) is 124 cm³/mol. The lowest BCUT2D eigenvalue weighted by atomic mass is 9.98. The van der Waals surface area contributed by atoms with E-state index in [0.29, 0.717) is 12.8 Å². The van der Waals surface area contributed by atoms with E-state index in [-0.39, 0.29) is 30.8 Å². The van der Waals surface area contributed by atoms with Gasteiger partial charge in [-0.1, -0.05) is 61.9 Å². The summed E-state index contributed by atoms with van der Waals surface area (Å²) in [7, 11) is 0. The average molecular weight is 451 g/mol. The van der Waals surface area contributed by atoms with Crippen LogP contribution in [0.15, 0.2) is 48.5 Å². The second kappa shape index (κ2) is 10.1. The van der Waals surface area contributed by atoms with Gasteiger partial charge in [-0.15, -0.1) is 0 Å². The Hall–Kier alpha value is -3.35. The molecule has 33 heavy (non-hydrogen) atoms. The molecule has 2 aliphatic carbocycles. The summed E-state index contributed by atoms with van der Waals surface area (Å²) in [5.74, 6) is -1.16. The number of hydrogen-bond acceptors (Lipinski definition) is 4. The van der Waals surface area contributed by atoms with Crippen LogP contribution in [0.1, 0.15) is 56.1 Å². The Morgan fingerprint density at radius 2 is 1.61 bits per heavy atom. The Bertz CT molecular complexity index is 987. The minimum absolute atomic E-state index is 0.0589. The predicted octanol–water partition coefficient (Wildman–Crippen LogP) is 4.06. The van der Waals surface area contributed by atoms with Crippen molar-refractivity contribution in [1.82, 2.24) is 10.6 Å². The third-order valence-electron chi connectivity index (χ3n) is 6.44. The second-order valence-electron chi connectivity index (χ2n) is 8.86. The fourth-order valence-corrected chi connectivity index (χ4v) is 4.65. The summed E-state index contributed by atoms with van der Waals surface area (Å²) in [6.07, 6.45) is 2.20. The molecule has 0 heterocycles. The van der Waals surface area contributed by atoms with Crippen molar-refractivity contribution in [1.29, 1.82) is 0 Å². The number of nitrogens with one attached hydrogen (secondary N) is 2. The minimum atomic E-state index is -0.941. The molecule has 2 aliphatic rings. The number of carboxylic acid groups (broad SMARTS) is 1. The molecule has 2 aromatic rings. The smallest absolute Gasteiger partial charge is 0.407 e. The van der Waals surface area contributed by atoms with E-state index >= 15 is 0 Å². The molecule has 2 amide bonds. The highest BCUT2D eigenvalue weighted by atomic mass is 16.5. The quantitative estimate of drug-likeness (QED) is 0.506. The van der Waals surface area contributed by atoms with Gasteiger partial charge in [0.25, 0.3) is 0 Å². The molecule has 0 spiro atoms. The minimum Gasteiger partial charge on any atom is -0.481 e. The first-order chi connectivity index (χ1) is 16.0. The first-order valence-corrected chi connectivity index (χ1v) is 11.6. The molecule has 174 valence electrons. The molecular formula is C26H30N2O5. The van der Waals surface area contributed by atoms with Crippen LogP contribution in [0.3, 0.4) is 0 Å². The molecule has 1 unspecified atom stereocenters. The SMILES string of the molecule is CCC[C@@H](NC(=O)OCC1c2ccccc2-c2ccccc21)C(=O)NC(CC(=O)O)C1CC1. The number of hydrogen-bond donors (Lipinski definition) is 3. The van der Waals surface area contributed by atoms with Crippen molar-refractivity contribution < 1.29 is 24.2 Å². The van der Waals surface area contributed by atoms with Crippen molar-refractivity contribution in [3.05, 3.63) is 59.7 Å². The average Bonchev–Trinajstić information content (AvgIpc) is 3.60. The zero-order valence-corrected chi connectivity index (χ0v) is 18.8. The number of ether oxygens (including phenoxy) is 1. The molecule has 2 atom stereocenters. The van der Waals surface area contributed by atoms with Gasteiger partial charge in [0.2, 0.25) is 5.91 Å². The van der Waals surface area contributed by atoms with E-state index in [0.717, 1.165) is 35.1 Å². The van der Waals surface area contributed by atoms with Crippen LogP contribution in [-0.2, 0) is 14.3 Å². The Kier molecular flexibility index (Phi) is 6.96. The van der Waals surface area contributed by atoms with Crippen LogP contribution in [0.4, 0.5) is 4.79 Å². The first kappa shape index (κ1) is 22.8. The Morgan fingerprint density at radius 3 is 2.15 bits per heavy atom. The molecule has 1 fully saturated rings. The summed E-state index contributed by atoms with van der Waals surface area (Å²) >= 11 is 0. The molecule has 0 saturated heterocycles. The van der Waals surface area contributed by atoms with Crippen LogP contribution in [0.2, 0.25) is 0 Å². The number of carbonyl (C=O) groups is 3. The molecule has 7 heteroatoms. The van der Waals surface area contributed by atoms with Crippen LogP contribution in [0, 0.1) is 5.92 Å². The summed E-state index contributed by atoms with van der Waals surface area (Å²) in [5.41, 5.74) is 4.54. The van der Waals surface area contributed by atoms with Crippen molar-refractivity contribution in [2.75, 3.05) is 6.61 Å². The molecule has 0 aliphatic heterocycles. The lowest BCUT2D eigenvalue weighted by Gasteiger charge is -2.22. The molecule has 3 N–H and O–H groups in total. The van der Waals surface area contributed by atoms with Crippen LogP contribution in [0.25, 0.3) is 11.1 Å². The molecule has 0 radical (unpaired) electrons. The van der Waals surface area contributed by atoms with Gasteiger partial charge in [-0.25, -0.2) is 4.79 Å². The maximum Gasteiger partial charge on any atom is 0.407 e. The number of benzene rings is 2. The van der Waals surface area contributed by atoms with Crippen LogP contribution in [0.5, 0.6) is 0 Å². The summed E-state index contributed by atoms with van der Waals surface area (Å²) in [6, 6.07) is 15.0. The Morgan fingerprint density at radius 1 is 1.00 bits per heavy atom. The second-order valence-corrected chi connectivity index (χ2v) is 8.86. The van der Waals surface area contributed by atoms with Gasteiger partial charge in [-0.3, -0.25) is 9.59 Å². The van der Waals surface area contributed by atoms with Crippen molar-refractivity contribution in [2.24, 2.45) is 5.92 Å². The van der Waals surface area contributed by atoms with Gasteiger partial charge in [-0.2, -0.15) is 0 Å². The monoisotopic (exact) mass is 450 g/mol. The maximum absolute atomic E-state index is 12.8. The van der Waals surface area contributed by atoms with E-state index in [4.69, 9.17) is 9.84 Å².